The fourth-order valence-corrected chi connectivity index (χ4v) is 3.52. The molecule has 3 nitrogen and oxygen atoms in total. The van der Waals surface area contributed by atoms with Gasteiger partial charge in [0.2, 0.25) is 5.91 Å². The molecule has 0 aliphatic carbocycles. The summed E-state index contributed by atoms with van der Waals surface area (Å²) < 4.78 is 0. The van der Waals surface area contributed by atoms with Crippen LogP contribution in [0.15, 0.2) is 0 Å². The number of hydrogen-bond acceptors (Lipinski definition) is 2. The Morgan fingerprint density at radius 3 is 2.58 bits per heavy atom. The van der Waals surface area contributed by atoms with Gasteiger partial charge in [0.1, 0.15) is 0 Å². The van der Waals surface area contributed by atoms with Gasteiger partial charge in [0.15, 0.2) is 0 Å². The smallest absolute Gasteiger partial charge is 0.225 e. The van der Waals surface area contributed by atoms with Gasteiger partial charge in [0, 0.05) is 18.5 Å². The molecular formula is C16H30N2O. The molecular weight excluding hydrogens is 236 g/mol. The Kier molecular flexibility index (Phi) is 5.68. The maximum absolute atomic E-state index is 12.3. The normalized spacial score (nSPS) is 25.8. The van der Waals surface area contributed by atoms with Gasteiger partial charge in [0.05, 0.1) is 0 Å². The minimum absolute atomic E-state index is 0.152. The fraction of sp³-hybridized carbons (Fsp3) is 0.938. The molecule has 1 unspecified atom stereocenters. The molecule has 0 radical (unpaired) electrons. The van der Waals surface area contributed by atoms with E-state index in [1.54, 1.807) is 0 Å². The van der Waals surface area contributed by atoms with E-state index in [-0.39, 0.29) is 5.92 Å². The van der Waals surface area contributed by atoms with Crippen LogP contribution in [0.5, 0.6) is 0 Å². The van der Waals surface area contributed by atoms with E-state index in [9.17, 15) is 4.79 Å². The molecule has 0 aromatic carbocycles. The van der Waals surface area contributed by atoms with Crippen LogP contribution in [0.4, 0.5) is 0 Å². The molecule has 1 atom stereocenters. The second-order valence-electron chi connectivity index (χ2n) is 6.61. The van der Waals surface area contributed by atoms with E-state index in [0.29, 0.717) is 11.9 Å². The monoisotopic (exact) mass is 266 g/mol. The second-order valence-corrected chi connectivity index (χ2v) is 6.61. The number of hydrogen-bond donors (Lipinski definition) is 1. The van der Waals surface area contributed by atoms with Crippen LogP contribution in [0.3, 0.4) is 0 Å². The Bertz CT molecular complexity index is 284. The zero-order valence-electron chi connectivity index (χ0n) is 12.7. The van der Waals surface area contributed by atoms with Crippen LogP contribution in [0.1, 0.15) is 58.8 Å². The van der Waals surface area contributed by atoms with Gasteiger partial charge in [-0.15, -0.1) is 0 Å². The third kappa shape index (κ3) is 4.20. The van der Waals surface area contributed by atoms with Crippen molar-refractivity contribution in [3.8, 4) is 0 Å². The Morgan fingerprint density at radius 1 is 1.16 bits per heavy atom. The Hall–Kier alpha value is -0.570. The first-order valence-electron chi connectivity index (χ1n) is 8.19. The predicted octanol–water partition coefficient (Wildman–Crippen LogP) is 2.80. The average Bonchev–Trinajstić information content (AvgIpc) is 2.45. The van der Waals surface area contributed by atoms with Gasteiger partial charge in [-0.2, -0.15) is 0 Å². The van der Waals surface area contributed by atoms with Gasteiger partial charge >= 0.3 is 0 Å². The summed E-state index contributed by atoms with van der Waals surface area (Å²) in [4.78, 5) is 14.5. The molecule has 2 aliphatic rings. The van der Waals surface area contributed by atoms with Gasteiger partial charge < -0.3 is 10.2 Å². The summed E-state index contributed by atoms with van der Waals surface area (Å²) in [6.07, 6.45) is 8.91. The first-order chi connectivity index (χ1) is 9.18. The van der Waals surface area contributed by atoms with E-state index in [4.69, 9.17) is 0 Å². The molecule has 2 rings (SSSR count). The number of carbonyl (C=O) groups excluding carboxylic acids is 1. The number of nitrogens with zero attached hydrogens (tertiary/aromatic N) is 1. The minimum atomic E-state index is 0.152. The molecule has 2 aliphatic heterocycles. The van der Waals surface area contributed by atoms with Crippen molar-refractivity contribution < 1.29 is 4.79 Å². The average molecular weight is 266 g/mol. The summed E-state index contributed by atoms with van der Waals surface area (Å²) in [5.41, 5.74) is 0. The number of amides is 1. The van der Waals surface area contributed by atoms with Crippen molar-refractivity contribution in [2.45, 2.75) is 64.8 Å². The Balaban J connectivity index is 1.83. The van der Waals surface area contributed by atoms with Crippen LogP contribution in [0.2, 0.25) is 0 Å². The molecule has 0 spiro atoms. The summed E-state index contributed by atoms with van der Waals surface area (Å²) in [7, 11) is 0. The molecule has 1 N–H and O–H groups in total. The largest absolute Gasteiger partial charge is 0.339 e. The van der Waals surface area contributed by atoms with Crippen LogP contribution in [0, 0.1) is 11.8 Å². The molecule has 0 saturated carbocycles. The van der Waals surface area contributed by atoms with Crippen molar-refractivity contribution in [2.75, 3.05) is 19.6 Å². The zero-order valence-corrected chi connectivity index (χ0v) is 12.7. The maximum Gasteiger partial charge on any atom is 0.225 e. The van der Waals surface area contributed by atoms with Gasteiger partial charge in [-0.3, -0.25) is 4.79 Å². The van der Waals surface area contributed by atoms with Crippen molar-refractivity contribution in [3.05, 3.63) is 0 Å². The lowest BCUT2D eigenvalue weighted by Crippen LogP contribution is -2.45. The predicted molar refractivity (Wildman–Crippen MR) is 79.0 cm³/mol. The highest BCUT2D eigenvalue weighted by atomic mass is 16.2. The van der Waals surface area contributed by atoms with Crippen LogP contribution in [-0.2, 0) is 4.79 Å². The maximum atomic E-state index is 12.3. The van der Waals surface area contributed by atoms with E-state index >= 15 is 0 Å². The standard InChI is InChI=1S/C16H30N2O/c1-13(2)16(19)18-12-4-3-5-15(18)7-6-14-8-10-17-11-9-14/h13-15,17H,3-12H2,1-2H3. The second kappa shape index (κ2) is 7.28. The highest BCUT2D eigenvalue weighted by molar-refractivity contribution is 5.78. The van der Waals surface area contributed by atoms with Crippen molar-refractivity contribution in [3.63, 3.8) is 0 Å². The van der Waals surface area contributed by atoms with E-state index in [1.807, 2.05) is 13.8 Å². The lowest BCUT2D eigenvalue weighted by atomic mass is 9.88. The molecule has 2 saturated heterocycles. The van der Waals surface area contributed by atoms with Crippen LogP contribution >= 0.6 is 0 Å². The number of carbonyl (C=O) groups is 1. The topological polar surface area (TPSA) is 32.3 Å². The Morgan fingerprint density at radius 2 is 1.89 bits per heavy atom. The highest BCUT2D eigenvalue weighted by Gasteiger charge is 2.28. The fourth-order valence-electron chi connectivity index (χ4n) is 3.52. The van der Waals surface area contributed by atoms with Crippen molar-refractivity contribution in [1.82, 2.24) is 10.2 Å². The third-order valence-electron chi connectivity index (χ3n) is 4.77. The number of rotatable bonds is 4. The SMILES string of the molecule is CC(C)C(=O)N1CCCCC1CCC1CCNCC1. The third-order valence-corrected chi connectivity index (χ3v) is 4.77. The van der Waals surface area contributed by atoms with Crippen LogP contribution in [0.25, 0.3) is 0 Å². The minimum Gasteiger partial charge on any atom is -0.339 e. The van der Waals surface area contributed by atoms with Crippen LogP contribution in [-0.4, -0.2) is 36.5 Å². The lowest BCUT2D eigenvalue weighted by Gasteiger charge is -2.38. The summed E-state index contributed by atoms with van der Waals surface area (Å²) >= 11 is 0. The van der Waals surface area contributed by atoms with E-state index < -0.39 is 0 Å². The first-order valence-corrected chi connectivity index (χ1v) is 8.19. The molecule has 1 amide bonds. The lowest BCUT2D eigenvalue weighted by molar-refractivity contribution is -0.138. The number of nitrogens with one attached hydrogen (secondary N) is 1. The molecule has 2 fully saturated rings. The summed E-state index contributed by atoms with van der Waals surface area (Å²) in [6, 6.07) is 0.526. The van der Waals surface area contributed by atoms with Crippen molar-refractivity contribution in [1.29, 1.82) is 0 Å². The molecule has 2 heterocycles. The molecule has 0 bridgehead atoms. The molecule has 0 aromatic heterocycles. The number of likely N-dealkylation sites (tertiary alicyclic amines) is 1. The first kappa shape index (κ1) is 14.8. The van der Waals surface area contributed by atoms with Gasteiger partial charge in [-0.1, -0.05) is 13.8 Å². The van der Waals surface area contributed by atoms with Crippen molar-refractivity contribution >= 4 is 5.91 Å². The Labute approximate surface area is 118 Å². The zero-order chi connectivity index (χ0) is 13.7. The molecule has 3 heteroatoms. The van der Waals surface area contributed by atoms with E-state index in [0.717, 1.165) is 12.5 Å². The van der Waals surface area contributed by atoms with Gasteiger partial charge in [-0.25, -0.2) is 0 Å². The molecule has 0 aromatic rings. The van der Waals surface area contributed by atoms with Crippen LogP contribution < -0.4 is 5.32 Å². The summed E-state index contributed by atoms with van der Waals surface area (Å²) in [5.74, 6) is 1.41. The summed E-state index contributed by atoms with van der Waals surface area (Å²) in [6.45, 7) is 7.42. The molecule has 110 valence electrons. The highest BCUT2D eigenvalue weighted by Crippen LogP contribution is 2.26. The van der Waals surface area contributed by atoms with E-state index in [1.165, 1.54) is 58.0 Å². The quantitative estimate of drug-likeness (QED) is 0.848. The van der Waals surface area contributed by atoms with Gasteiger partial charge in [0.25, 0.3) is 0 Å². The molecule has 19 heavy (non-hydrogen) atoms. The number of piperidine rings is 2. The summed E-state index contributed by atoms with van der Waals surface area (Å²) in [5, 5.41) is 3.43. The van der Waals surface area contributed by atoms with E-state index in [2.05, 4.69) is 10.2 Å². The van der Waals surface area contributed by atoms with Gasteiger partial charge in [-0.05, 0) is 64.0 Å². The van der Waals surface area contributed by atoms with Crippen molar-refractivity contribution in [2.24, 2.45) is 11.8 Å².